The highest BCUT2D eigenvalue weighted by Gasteiger charge is 2.11. The van der Waals surface area contributed by atoms with E-state index in [-0.39, 0.29) is 11.1 Å². The standard InChI is InChI=1S/C11H8NO2/c1-3-8-4-5-10(11(13)14-2)9(6-8)7-12/h4-6H,1H2,2H3. The van der Waals surface area contributed by atoms with Crippen molar-refractivity contribution in [2.45, 2.75) is 0 Å². The van der Waals surface area contributed by atoms with Crippen molar-refractivity contribution in [2.75, 3.05) is 7.11 Å². The third kappa shape index (κ3) is 1.80. The lowest BCUT2D eigenvalue weighted by atomic mass is 10.1. The van der Waals surface area contributed by atoms with Crippen LogP contribution >= 0.6 is 0 Å². The quantitative estimate of drug-likeness (QED) is 0.660. The third-order valence-corrected chi connectivity index (χ3v) is 1.75. The third-order valence-electron chi connectivity index (χ3n) is 1.75. The van der Waals surface area contributed by atoms with E-state index in [0.29, 0.717) is 5.56 Å². The van der Waals surface area contributed by atoms with E-state index >= 15 is 0 Å². The van der Waals surface area contributed by atoms with E-state index in [1.165, 1.54) is 13.2 Å². The summed E-state index contributed by atoms with van der Waals surface area (Å²) in [5, 5.41) is 8.78. The molecule has 0 saturated heterocycles. The van der Waals surface area contributed by atoms with Crippen LogP contribution in [0, 0.1) is 17.4 Å². The summed E-state index contributed by atoms with van der Waals surface area (Å²) >= 11 is 0. The molecule has 1 aromatic rings. The van der Waals surface area contributed by atoms with Crippen LogP contribution in [-0.2, 0) is 4.74 Å². The van der Waals surface area contributed by atoms with Gasteiger partial charge >= 0.3 is 5.97 Å². The predicted molar refractivity (Wildman–Crippen MR) is 50.5 cm³/mol. The van der Waals surface area contributed by atoms with Gasteiger partial charge in [-0.25, -0.2) is 4.79 Å². The lowest BCUT2D eigenvalue weighted by Crippen LogP contribution is -2.04. The summed E-state index contributed by atoms with van der Waals surface area (Å²) in [5.74, 6) is -0.517. The molecular formula is C11H8NO2. The molecule has 1 rings (SSSR count). The van der Waals surface area contributed by atoms with Crippen molar-refractivity contribution in [1.82, 2.24) is 0 Å². The molecule has 69 valence electrons. The fourth-order valence-corrected chi connectivity index (χ4v) is 1.03. The van der Waals surface area contributed by atoms with Gasteiger partial charge in [0.1, 0.15) is 6.07 Å². The Labute approximate surface area is 82.2 Å². The molecule has 0 aliphatic rings. The number of methoxy groups -OCH3 is 1. The Kier molecular flexibility index (Phi) is 3.03. The molecule has 0 fully saturated rings. The van der Waals surface area contributed by atoms with E-state index in [1.807, 2.05) is 6.07 Å². The van der Waals surface area contributed by atoms with E-state index in [9.17, 15) is 4.79 Å². The van der Waals surface area contributed by atoms with Crippen LogP contribution in [0.25, 0.3) is 0 Å². The van der Waals surface area contributed by atoms with Gasteiger partial charge in [0.2, 0.25) is 0 Å². The Morgan fingerprint density at radius 3 is 2.79 bits per heavy atom. The molecule has 0 aliphatic carbocycles. The van der Waals surface area contributed by atoms with Crippen LogP contribution in [0.3, 0.4) is 0 Å². The van der Waals surface area contributed by atoms with Gasteiger partial charge < -0.3 is 4.74 Å². The molecule has 0 saturated carbocycles. The van der Waals surface area contributed by atoms with E-state index in [0.717, 1.165) is 0 Å². The molecule has 0 spiro atoms. The maximum atomic E-state index is 11.2. The lowest BCUT2D eigenvalue weighted by molar-refractivity contribution is 0.0600. The molecule has 1 radical (unpaired) electrons. The molecule has 0 aliphatic heterocycles. The highest BCUT2D eigenvalue weighted by Crippen LogP contribution is 2.12. The zero-order valence-electron chi connectivity index (χ0n) is 7.70. The minimum Gasteiger partial charge on any atom is -0.465 e. The van der Waals surface area contributed by atoms with Gasteiger partial charge in [-0.05, 0) is 23.8 Å². The van der Waals surface area contributed by atoms with Crippen molar-refractivity contribution in [3.05, 3.63) is 47.5 Å². The zero-order chi connectivity index (χ0) is 10.6. The number of rotatable bonds is 2. The molecule has 3 nitrogen and oxygen atoms in total. The minimum atomic E-state index is -0.517. The summed E-state index contributed by atoms with van der Waals surface area (Å²) in [5.41, 5.74) is 1.20. The number of nitriles is 1. The van der Waals surface area contributed by atoms with Crippen LogP contribution in [-0.4, -0.2) is 13.1 Å². The van der Waals surface area contributed by atoms with Crippen LogP contribution in [0.2, 0.25) is 0 Å². The second-order valence-electron chi connectivity index (χ2n) is 2.54. The highest BCUT2D eigenvalue weighted by atomic mass is 16.5. The summed E-state index contributed by atoms with van der Waals surface area (Å²) < 4.78 is 4.53. The number of hydrogen-bond donors (Lipinski definition) is 0. The normalized spacial score (nSPS) is 8.86. The smallest absolute Gasteiger partial charge is 0.339 e. The molecule has 0 atom stereocenters. The Morgan fingerprint density at radius 1 is 1.57 bits per heavy atom. The minimum absolute atomic E-state index is 0.258. The number of ether oxygens (including phenoxy) is 1. The van der Waals surface area contributed by atoms with Gasteiger partial charge in [-0.15, -0.1) is 0 Å². The fourth-order valence-electron chi connectivity index (χ4n) is 1.03. The van der Waals surface area contributed by atoms with Crippen LogP contribution < -0.4 is 0 Å². The fraction of sp³-hybridized carbons (Fsp3) is 0.0909. The van der Waals surface area contributed by atoms with Gasteiger partial charge in [0.25, 0.3) is 0 Å². The molecule has 3 heteroatoms. The lowest BCUT2D eigenvalue weighted by Gasteiger charge is -2.01. The summed E-state index contributed by atoms with van der Waals surface area (Å²) in [6.07, 6.45) is 2.63. The average Bonchev–Trinajstić information content (AvgIpc) is 2.27. The number of nitrogens with zero attached hydrogens (tertiary/aromatic N) is 1. The van der Waals surface area contributed by atoms with Crippen molar-refractivity contribution in [1.29, 1.82) is 5.26 Å². The average molecular weight is 186 g/mol. The molecule has 1 aromatic carbocycles. The van der Waals surface area contributed by atoms with Gasteiger partial charge in [-0.3, -0.25) is 0 Å². The summed E-state index contributed by atoms with van der Waals surface area (Å²) in [6.45, 7) is 3.45. The van der Waals surface area contributed by atoms with Crippen molar-refractivity contribution < 1.29 is 9.53 Å². The van der Waals surface area contributed by atoms with Crippen LogP contribution in [0.1, 0.15) is 21.5 Å². The molecule has 0 unspecified atom stereocenters. The number of esters is 1. The molecule has 14 heavy (non-hydrogen) atoms. The first-order chi connectivity index (χ1) is 6.72. The van der Waals surface area contributed by atoms with E-state index < -0.39 is 5.97 Å². The summed E-state index contributed by atoms with van der Waals surface area (Å²) in [6, 6.07) is 6.64. The molecule has 0 aromatic heterocycles. The molecule has 0 amide bonds. The van der Waals surface area contributed by atoms with Crippen molar-refractivity contribution >= 4 is 5.97 Å². The number of hydrogen-bond acceptors (Lipinski definition) is 3. The Morgan fingerprint density at radius 2 is 2.29 bits per heavy atom. The van der Waals surface area contributed by atoms with Crippen LogP contribution in [0.4, 0.5) is 0 Å². The van der Waals surface area contributed by atoms with Crippen molar-refractivity contribution in [3.63, 3.8) is 0 Å². The Balaban J connectivity index is 3.26. The molecule has 0 heterocycles. The first-order valence-corrected chi connectivity index (χ1v) is 3.88. The number of benzene rings is 1. The summed E-state index contributed by atoms with van der Waals surface area (Å²) in [7, 11) is 1.27. The van der Waals surface area contributed by atoms with Gasteiger partial charge in [0.15, 0.2) is 0 Å². The second kappa shape index (κ2) is 4.24. The Bertz CT molecular complexity index is 416. The van der Waals surface area contributed by atoms with Crippen molar-refractivity contribution in [2.24, 2.45) is 0 Å². The first-order valence-electron chi connectivity index (χ1n) is 3.88. The maximum absolute atomic E-state index is 11.2. The van der Waals surface area contributed by atoms with Gasteiger partial charge in [0, 0.05) is 0 Å². The molecular weight excluding hydrogens is 178 g/mol. The highest BCUT2D eigenvalue weighted by molar-refractivity contribution is 5.92. The topological polar surface area (TPSA) is 50.1 Å². The summed E-state index contributed by atoms with van der Waals surface area (Å²) in [4.78, 5) is 11.2. The number of carbonyl (C=O) groups is 1. The largest absolute Gasteiger partial charge is 0.465 e. The first kappa shape index (κ1) is 10.0. The molecule has 0 N–H and O–H groups in total. The zero-order valence-corrected chi connectivity index (χ0v) is 7.70. The van der Waals surface area contributed by atoms with Gasteiger partial charge in [0.05, 0.1) is 18.2 Å². The van der Waals surface area contributed by atoms with E-state index in [1.54, 1.807) is 12.1 Å². The number of carbonyl (C=O) groups excluding carboxylic acids is 1. The van der Waals surface area contributed by atoms with Crippen LogP contribution in [0.15, 0.2) is 24.8 Å². The van der Waals surface area contributed by atoms with Gasteiger partial charge in [-0.1, -0.05) is 12.6 Å². The van der Waals surface area contributed by atoms with Crippen LogP contribution in [0.5, 0.6) is 0 Å². The Hall–Kier alpha value is -2.08. The SMILES string of the molecule is C=[C]c1ccc(C(=O)OC)c(C#N)c1. The maximum Gasteiger partial charge on any atom is 0.339 e. The van der Waals surface area contributed by atoms with Crippen molar-refractivity contribution in [3.8, 4) is 6.07 Å². The predicted octanol–water partition coefficient (Wildman–Crippen LogP) is 1.68. The van der Waals surface area contributed by atoms with Gasteiger partial charge in [-0.2, -0.15) is 5.26 Å². The molecule has 0 bridgehead atoms. The van der Waals surface area contributed by atoms with E-state index in [2.05, 4.69) is 17.4 Å². The van der Waals surface area contributed by atoms with E-state index in [4.69, 9.17) is 5.26 Å². The second-order valence-corrected chi connectivity index (χ2v) is 2.54. The monoisotopic (exact) mass is 186 g/mol.